The Morgan fingerprint density at radius 2 is 2.15 bits per heavy atom. The van der Waals surface area contributed by atoms with E-state index in [1.165, 1.54) is 12.1 Å². The molecule has 3 N–H and O–H groups in total. The molecule has 0 fully saturated rings. The fourth-order valence-electron chi connectivity index (χ4n) is 1.37. The summed E-state index contributed by atoms with van der Waals surface area (Å²) in [5.74, 6) is -2.69. The lowest BCUT2D eigenvalue weighted by molar-refractivity contribution is 0.0690. The van der Waals surface area contributed by atoms with Gasteiger partial charge in [0, 0.05) is 6.07 Å². The summed E-state index contributed by atoms with van der Waals surface area (Å²) in [7, 11) is -4.26. The minimum Gasteiger partial charge on any atom is -0.477 e. The Labute approximate surface area is 117 Å². The number of nitrogens with zero attached hydrogens (tertiary/aromatic N) is 1. The highest BCUT2D eigenvalue weighted by molar-refractivity contribution is 7.92. The minimum absolute atomic E-state index is 0.276. The number of halogens is 2. The Morgan fingerprint density at radius 1 is 1.45 bits per heavy atom. The van der Waals surface area contributed by atoms with Gasteiger partial charge in [-0.1, -0.05) is 17.7 Å². The number of sulfonamides is 1. The molecule has 0 aliphatic rings. The van der Waals surface area contributed by atoms with Crippen LogP contribution in [0.2, 0.25) is 5.02 Å². The number of carboxylic acids is 1. The van der Waals surface area contributed by atoms with Gasteiger partial charge in [0.2, 0.25) is 0 Å². The molecule has 0 unspecified atom stereocenters. The van der Waals surface area contributed by atoms with Crippen molar-refractivity contribution in [2.75, 3.05) is 4.72 Å². The molecule has 0 aliphatic carbocycles. The van der Waals surface area contributed by atoms with Gasteiger partial charge in [0.15, 0.2) is 11.6 Å². The van der Waals surface area contributed by atoms with E-state index in [9.17, 15) is 17.6 Å². The van der Waals surface area contributed by atoms with Gasteiger partial charge in [-0.05, 0) is 12.1 Å². The number of carbonyl (C=O) groups is 1. The Kier molecular flexibility index (Phi) is 3.64. The van der Waals surface area contributed by atoms with E-state index in [4.69, 9.17) is 16.7 Å². The fourth-order valence-corrected chi connectivity index (χ4v) is 2.69. The predicted octanol–water partition coefficient (Wildman–Crippen LogP) is 1.70. The maximum absolute atomic E-state index is 13.7. The molecule has 1 aromatic heterocycles. The number of benzene rings is 1. The van der Waals surface area contributed by atoms with Crippen LogP contribution in [0.1, 0.15) is 10.5 Å². The number of hydrogen-bond donors (Lipinski definition) is 3. The zero-order valence-corrected chi connectivity index (χ0v) is 11.2. The van der Waals surface area contributed by atoms with Crippen molar-refractivity contribution in [3.63, 3.8) is 0 Å². The number of anilines is 1. The summed E-state index contributed by atoms with van der Waals surface area (Å²) in [6.45, 7) is 0. The second-order valence-corrected chi connectivity index (χ2v) is 5.69. The summed E-state index contributed by atoms with van der Waals surface area (Å²) in [5.41, 5.74) is -0.311. The standard InChI is InChI=1S/C10H7ClFN3O4S/c11-5-2-1-3-7(9(5)12)20(18,19)15-8-4-6(10(16)17)13-14-8/h1-4H,(H,16,17)(H2,13,14,15). The van der Waals surface area contributed by atoms with E-state index in [1.807, 2.05) is 4.72 Å². The molecular weight excluding hydrogens is 313 g/mol. The van der Waals surface area contributed by atoms with Gasteiger partial charge in [-0.25, -0.2) is 17.6 Å². The number of carboxylic acid groups (broad SMARTS) is 1. The molecule has 7 nitrogen and oxygen atoms in total. The number of nitrogens with one attached hydrogen (secondary N) is 2. The van der Waals surface area contributed by atoms with Crippen molar-refractivity contribution in [2.24, 2.45) is 0 Å². The van der Waals surface area contributed by atoms with Crippen molar-refractivity contribution < 1.29 is 22.7 Å². The second kappa shape index (κ2) is 5.10. The first-order valence-electron chi connectivity index (χ1n) is 5.07. The molecule has 1 aromatic carbocycles. The van der Waals surface area contributed by atoms with Crippen LogP contribution in [0, 0.1) is 5.82 Å². The van der Waals surface area contributed by atoms with Crippen molar-refractivity contribution in [3.05, 3.63) is 40.8 Å². The molecule has 1 heterocycles. The molecule has 2 aromatic rings. The average molecular weight is 320 g/mol. The minimum atomic E-state index is -4.26. The largest absolute Gasteiger partial charge is 0.477 e. The number of aromatic nitrogens is 2. The highest BCUT2D eigenvalue weighted by Crippen LogP contribution is 2.23. The summed E-state index contributed by atoms with van der Waals surface area (Å²) in [5, 5.41) is 13.9. The molecule has 20 heavy (non-hydrogen) atoms. The zero-order valence-electron chi connectivity index (χ0n) is 9.59. The van der Waals surface area contributed by atoms with Crippen molar-refractivity contribution in [1.82, 2.24) is 10.2 Å². The monoisotopic (exact) mass is 319 g/mol. The van der Waals surface area contributed by atoms with E-state index >= 15 is 0 Å². The lowest BCUT2D eigenvalue weighted by Crippen LogP contribution is -2.15. The molecule has 0 aliphatic heterocycles. The molecule has 0 amide bonds. The van der Waals surface area contributed by atoms with Crippen LogP contribution in [0.4, 0.5) is 10.2 Å². The Bertz CT molecular complexity index is 775. The SMILES string of the molecule is O=C(O)c1cc(NS(=O)(=O)c2cccc(Cl)c2F)n[nH]1. The molecule has 0 saturated carbocycles. The summed E-state index contributed by atoms with van der Waals surface area (Å²) in [6, 6.07) is 4.46. The second-order valence-electron chi connectivity index (χ2n) is 3.63. The van der Waals surface area contributed by atoms with Gasteiger partial charge in [0.25, 0.3) is 10.0 Å². The van der Waals surface area contributed by atoms with Crippen molar-refractivity contribution in [3.8, 4) is 0 Å². The molecule has 0 spiro atoms. The average Bonchev–Trinajstić information content (AvgIpc) is 2.80. The summed E-state index contributed by atoms with van der Waals surface area (Å²) in [6.07, 6.45) is 0. The summed E-state index contributed by atoms with van der Waals surface area (Å²) < 4.78 is 39.5. The highest BCUT2D eigenvalue weighted by Gasteiger charge is 2.22. The molecule has 106 valence electrons. The predicted molar refractivity (Wildman–Crippen MR) is 67.8 cm³/mol. The smallest absolute Gasteiger partial charge is 0.353 e. The number of H-pyrrole nitrogens is 1. The normalized spacial score (nSPS) is 11.3. The molecular formula is C10H7ClFN3O4S. The van der Waals surface area contributed by atoms with E-state index in [1.54, 1.807) is 0 Å². The van der Waals surface area contributed by atoms with Crippen LogP contribution in [0.25, 0.3) is 0 Å². The highest BCUT2D eigenvalue weighted by atomic mass is 35.5. The van der Waals surface area contributed by atoms with E-state index in [0.29, 0.717) is 0 Å². The third-order valence-corrected chi connectivity index (χ3v) is 3.92. The van der Waals surface area contributed by atoms with Crippen molar-refractivity contribution in [1.29, 1.82) is 0 Å². The molecule has 2 rings (SSSR count). The third kappa shape index (κ3) is 2.73. The van der Waals surface area contributed by atoms with E-state index < -0.39 is 26.7 Å². The Balaban J connectivity index is 2.35. The molecule has 0 atom stereocenters. The van der Waals surface area contributed by atoms with Crippen molar-refractivity contribution in [2.45, 2.75) is 4.90 Å². The number of aromatic amines is 1. The molecule has 0 saturated heterocycles. The first-order valence-corrected chi connectivity index (χ1v) is 6.93. The van der Waals surface area contributed by atoms with Crippen LogP contribution in [0.15, 0.2) is 29.2 Å². The van der Waals surface area contributed by atoms with E-state index in [2.05, 4.69) is 10.2 Å². The fraction of sp³-hybridized carbons (Fsp3) is 0. The molecule has 0 bridgehead atoms. The van der Waals surface area contributed by atoms with E-state index in [0.717, 1.165) is 12.1 Å². The van der Waals surface area contributed by atoms with Gasteiger partial charge >= 0.3 is 5.97 Å². The third-order valence-electron chi connectivity index (χ3n) is 2.25. The van der Waals surface area contributed by atoms with Crippen LogP contribution in [0.5, 0.6) is 0 Å². The summed E-state index contributed by atoms with van der Waals surface area (Å²) >= 11 is 5.50. The lowest BCUT2D eigenvalue weighted by atomic mass is 10.3. The van der Waals surface area contributed by atoms with Crippen LogP contribution >= 0.6 is 11.6 Å². The Morgan fingerprint density at radius 3 is 2.75 bits per heavy atom. The van der Waals surface area contributed by atoms with E-state index in [-0.39, 0.29) is 16.5 Å². The van der Waals surface area contributed by atoms with Gasteiger partial charge in [-0.2, -0.15) is 5.10 Å². The quantitative estimate of drug-likeness (QED) is 0.794. The van der Waals surface area contributed by atoms with Gasteiger partial charge in [-0.3, -0.25) is 9.82 Å². The van der Waals surface area contributed by atoms with Crippen LogP contribution in [0.3, 0.4) is 0 Å². The lowest BCUT2D eigenvalue weighted by Gasteiger charge is -2.06. The van der Waals surface area contributed by atoms with Crippen LogP contribution < -0.4 is 4.72 Å². The molecule has 0 radical (unpaired) electrons. The van der Waals surface area contributed by atoms with Gasteiger partial charge < -0.3 is 5.11 Å². The van der Waals surface area contributed by atoms with Crippen LogP contribution in [-0.4, -0.2) is 29.7 Å². The first kappa shape index (κ1) is 14.3. The number of rotatable bonds is 4. The maximum Gasteiger partial charge on any atom is 0.353 e. The maximum atomic E-state index is 13.7. The zero-order chi connectivity index (χ0) is 14.9. The van der Waals surface area contributed by atoms with Gasteiger partial charge in [0.1, 0.15) is 10.6 Å². The number of aromatic carboxylic acids is 1. The van der Waals surface area contributed by atoms with Crippen LogP contribution in [-0.2, 0) is 10.0 Å². The summed E-state index contributed by atoms with van der Waals surface area (Å²) in [4.78, 5) is 9.96. The van der Waals surface area contributed by atoms with Gasteiger partial charge in [-0.15, -0.1) is 0 Å². The number of hydrogen-bond acceptors (Lipinski definition) is 4. The topological polar surface area (TPSA) is 112 Å². The Hall–Kier alpha value is -2.13. The molecule has 10 heteroatoms. The first-order chi connectivity index (χ1) is 9.31. The van der Waals surface area contributed by atoms with Gasteiger partial charge in [0.05, 0.1) is 5.02 Å². The van der Waals surface area contributed by atoms with Crippen molar-refractivity contribution >= 4 is 33.4 Å².